The Labute approximate surface area is 220 Å². The Morgan fingerprint density at radius 2 is 2.11 bits per heavy atom. The molecule has 0 aliphatic carbocycles. The van der Waals surface area contributed by atoms with Crippen molar-refractivity contribution in [1.29, 1.82) is 5.41 Å². The minimum absolute atomic E-state index is 0.159. The first-order valence-electron chi connectivity index (χ1n) is 12.1. The van der Waals surface area contributed by atoms with Crippen molar-refractivity contribution in [2.45, 2.75) is 46.5 Å². The molecule has 2 N–H and O–H groups in total. The van der Waals surface area contributed by atoms with E-state index in [1.807, 2.05) is 6.92 Å². The van der Waals surface area contributed by atoms with Gasteiger partial charge in [0.25, 0.3) is 11.1 Å². The minimum atomic E-state index is -0.508. The van der Waals surface area contributed by atoms with Gasteiger partial charge in [0.15, 0.2) is 0 Å². The van der Waals surface area contributed by atoms with Gasteiger partial charge in [-0.1, -0.05) is 42.9 Å². The molecule has 0 bridgehead atoms. The first kappa shape index (κ1) is 27.9. The zero-order valence-corrected chi connectivity index (χ0v) is 22.3. The fourth-order valence-corrected chi connectivity index (χ4v) is 4.49. The molecule has 196 valence electrons. The van der Waals surface area contributed by atoms with E-state index in [1.165, 1.54) is 25.6 Å². The van der Waals surface area contributed by atoms with Crippen LogP contribution >= 0.6 is 11.3 Å². The SMILES string of the molecule is CCCCCC(COc1nnc(NC(=O)c2cnc(C)cc2-c2c(F)cccc2OC)s1)/C(C)=C/C=N. The van der Waals surface area contributed by atoms with E-state index in [2.05, 4.69) is 27.4 Å². The van der Waals surface area contributed by atoms with Gasteiger partial charge in [-0.05, 0) is 55.9 Å². The van der Waals surface area contributed by atoms with Crippen LogP contribution < -0.4 is 14.8 Å². The Balaban J connectivity index is 1.76. The zero-order chi connectivity index (χ0) is 26.8. The lowest BCUT2D eigenvalue weighted by atomic mass is 9.94. The number of pyridine rings is 1. The van der Waals surface area contributed by atoms with Crippen LogP contribution in [0.5, 0.6) is 10.9 Å². The fourth-order valence-electron chi connectivity index (χ4n) is 3.89. The summed E-state index contributed by atoms with van der Waals surface area (Å²) in [6.07, 6.45) is 8.76. The molecule has 10 heteroatoms. The van der Waals surface area contributed by atoms with Crippen LogP contribution in [0.25, 0.3) is 11.1 Å². The molecule has 0 aliphatic rings. The summed E-state index contributed by atoms with van der Waals surface area (Å²) in [4.78, 5) is 17.4. The first-order chi connectivity index (χ1) is 17.9. The Bertz CT molecular complexity index is 1260. The van der Waals surface area contributed by atoms with Gasteiger partial charge in [0, 0.05) is 29.6 Å². The molecule has 0 spiro atoms. The molecule has 1 unspecified atom stereocenters. The zero-order valence-electron chi connectivity index (χ0n) is 21.5. The van der Waals surface area contributed by atoms with E-state index in [-0.39, 0.29) is 22.2 Å². The highest BCUT2D eigenvalue weighted by atomic mass is 32.1. The number of ether oxygens (including phenoxy) is 2. The number of carbonyl (C=O) groups excluding carboxylic acids is 1. The van der Waals surface area contributed by atoms with Gasteiger partial charge in [-0.25, -0.2) is 4.39 Å². The molecule has 3 aromatic rings. The lowest BCUT2D eigenvalue weighted by molar-refractivity contribution is 0.102. The van der Waals surface area contributed by atoms with Gasteiger partial charge in [0.05, 0.1) is 24.8 Å². The van der Waals surface area contributed by atoms with Crippen LogP contribution in [0.3, 0.4) is 0 Å². The molecule has 1 atom stereocenters. The maximum atomic E-state index is 14.8. The number of hydrogen-bond donors (Lipinski definition) is 2. The van der Waals surface area contributed by atoms with Crippen molar-refractivity contribution in [1.82, 2.24) is 15.2 Å². The summed E-state index contributed by atoms with van der Waals surface area (Å²) in [6.45, 7) is 6.32. The van der Waals surface area contributed by atoms with Gasteiger partial charge < -0.3 is 14.9 Å². The molecular weight excluding hydrogens is 493 g/mol. The Morgan fingerprint density at radius 1 is 1.30 bits per heavy atom. The van der Waals surface area contributed by atoms with E-state index in [0.717, 1.165) is 42.6 Å². The molecule has 1 amide bonds. The third-order valence-electron chi connectivity index (χ3n) is 5.93. The number of methoxy groups -OCH3 is 1. The number of unbranched alkanes of at least 4 members (excludes halogenated alkanes) is 2. The quantitative estimate of drug-likeness (QED) is 0.195. The average Bonchev–Trinajstić information content (AvgIpc) is 3.32. The van der Waals surface area contributed by atoms with Crippen LogP contribution in [0, 0.1) is 24.1 Å². The number of aryl methyl sites for hydroxylation is 1. The maximum absolute atomic E-state index is 14.8. The predicted octanol–water partition coefficient (Wildman–Crippen LogP) is 6.48. The number of allylic oxidation sites excluding steroid dienone is 1. The number of amides is 1. The Hall–Kier alpha value is -3.66. The number of rotatable bonds is 13. The number of benzene rings is 1. The Kier molecular flexibility index (Phi) is 10.3. The second kappa shape index (κ2) is 13.6. The van der Waals surface area contributed by atoms with Crippen molar-refractivity contribution in [3.8, 4) is 22.1 Å². The van der Waals surface area contributed by atoms with Crippen molar-refractivity contribution in [3.63, 3.8) is 0 Å². The predicted molar refractivity (Wildman–Crippen MR) is 144 cm³/mol. The van der Waals surface area contributed by atoms with E-state index in [4.69, 9.17) is 14.9 Å². The van der Waals surface area contributed by atoms with Gasteiger partial charge >= 0.3 is 0 Å². The number of aromatic nitrogens is 3. The number of nitrogens with zero attached hydrogens (tertiary/aromatic N) is 3. The van der Waals surface area contributed by atoms with Crippen molar-refractivity contribution in [3.05, 3.63) is 59.2 Å². The number of halogens is 1. The minimum Gasteiger partial charge on any atom is -0.496 e. The van der Waals surface area contributed by atoms with Crippen LogP contribution in [0.4, 0.5) is 9.52 Å². The van der Waals surface area contributed by atoms with Crippen LogP contribution in [0.2, 0.25) is 0 Å². The first-order valence-corrected chi connectivity index (χ1v) is 12.9. The molecule has 0 radical (unpaired) electrons. The van der Waals surface area contributed by atoms with E-state index in [9.17, 15) is 9.18 Å². The highest BCUT2D eigenvalue weighted by Crippen LogP contribution is 2.35. The third-order valence-corrected chi connectivity index (χ3v) is 6.68. The lowest BCUT2D eigenvalue weighted by Crippen LogP contribution is -2.14. The molecule has 2 aromatic heterocycles. The summed E-state index contributed by atoms with van der Waals surface area (Å²) < 4.78 is 26.0. The van der Waals surface area contributed by atoms with Gasteiger partial charge in [0.1, 0.15) is 11.6 Å². The molecule has 37 heavy (non-hydrogen) atoms. The van der Waals surface area contributed by atoms with Crippen LogP contribution in [-0.2, 0) is 0 Å². The molecule has 2 heterocycles. The standard InChI is InChI=1S/C27H32FN5O3S/c1-5-6-7-9-19(17(2)12-13-29)16-36-27-33-32-26(37-27)31-25(34)21-15-30-18(3)14-20(21)24-22(28)10-8-11-23(24)35-4/h8,10-15,19,29H,5-7,9,16H2,1-4H3,(H,31,32,34)/b17-12+,29-13?. The van der Waals surface area contributed by atoms with Crippen molar-refractivity contribution >= 4 is 28.6 Å². The van der Waals surface area contributed by atoms with Crippen molar-refractivity contribution in [2.75, 3.05) is 19.0 Å². The summed E-state index contributed by atoms with van der Waals surface area (Å²) in [6, 6.07) is 6.15. The molecule has 0 fully saturated rings. The third kappa shape index (κ3) is 7.42. The fraction of sp³-hybridized carbons (Fsp3) is 0.370. The number of nitrogens with one attached hydrogen (secondary N) is 2. The van der Waals surface area contributed by atoms with E-state index in [0.29, 0.717) is 28.8 Å². The summed E-state index contributed by atoms with van der Waals surface area (Å²) in [5, 5.41) is 18.7. The van der Waals surface area contributed by atoms with Crippen molar-refractivity contribution < 1.29 is 18.7 Å². The normalized spacial score (nSPS) is 12.2. The highest BCUT2D eigenvalue weighted by molar-refractivity contribution is 7.17. The molecule has 0 saturated heterocycles. The van der Waals surface area contributed by atoms with Crippen LogP contribution in [0.15, 0.2) is 42.1 Å². The van der Waals surface area contributed by atoms with Crippen LogP contribution in [0.1, 0.15) is 55.6 Å². The molecule has 0 aliphatic heterocycles. The smallest absolute Gasteiger partial charge is 0.295 e. The molecule has 3 rings (SSSR count). The number of carbonyl (C=O) groups is 1. The highest BCUT2D eigenvalue weighted by Gasteiger charge is 2.21. The molecule has 0 saturated carbocycles. The van der Waals surface area contributed by atoms with Gasteiger partial charge in [-0.3, -0.25) is 15.1 Å². The molecular formula is C27H32FN5O3S. The number of anilines is 1. The summed E-state index contributed by atoms with van der Waals surface area (Å²) in [5.41, 5.74) is 2.43. The largest absolute Gasteiger partial charge is 0.496 e. The lowest BCUT2D eigenvalue weighted by Gasteiger charge is -2.17. The summed E-state index contributed by atoms with van der Waals surface area (Å²) >= 11 is 1.11. The summed E-state index contributed by atoms with van der Waals surface area (Å²) in [5.74, 6) is -0.539. The topological polar surface area (TPSA) is 110 Å². The van der Waals surface area contributed by atoms with Crippen molar-refractivity contribution in [2.24, 2.45) is 5.92 Å². The Morgan fingerprint density at radius 3 is 2.84 bits per heavy atom. The van der Waals surface area contributed by atoms with E-state index < -0.39 is 11.7 Å². The van der Waals surface area contributed by atoms with Gasteiger partial charge in [-0.15, -0.1) is 5.10 Å². The maximum Gasteiger partial charge on any atom is 0.295 e. The summed E-state index contributed by atoms with van der Waals surface area (Å²) in [7, 11) is 1.45. The van der Waals surface area contributed by atoms with E-state index in [1.54, 1.807) is 31.2 Å². The monoisotopic (exact) mass is 525 g/mol. The van der Waals surface area contributed by atoms with Crippen LogP contribution in [-0.4, -0.2) is 41.0 Å². The van der Waals surface area contributed by atoms with Gasteiger partial charge in [0.2, 0.25) is 5.13 Å². The second-order valence-corrected chi connectivity index (χ2v) is 9.54. The average molecular weight is 526 g/mol. The number of hydrogen-bond acceptors (Lipinski definition) is 8. The molecule has 8 nitrogen and oxygen atoms in total. The second-order valence-electron chi connectivity index (χ2n) is 8.60. The van der Waals surface area contributed by atoms with Gasteiger partial charge in [-0.2, -0.15) is 0 Å². The van der Waals surface area contributed by atoms with E-state index >= 15 is 0 Å². The molecule has 1 aromatic carbocycles.